The molecular formula is C15H21NO2. The molecule has 0 aliphatic carbocycles. The van der Waals surface area contributed by atoms with E-state index in [1.165, 1.54) is 12.5 Å². The molecule has 0 unspecified atom stereocenters. The van der Waals surface area contributed by atoms with Crippen molar-refractivity contribution in [2.24, 2.45) is 0 Å². The van der Waals surface area contributed by atoms with Crippen LogP contribution in [0.2, 0.25) is 0 Å². The van der Waals surface area contributed by atoms with Crippen LogP contribution in [0.25, 0.3) is 0 Å². The second-order valence-electron chi connectivity index (χ2n) is 5.14. The summed E-state index contributed by atoms with van der Waals surface area (Å²) in [6, 6.07) is 11.2. The zero-order chi connectivity index (χ0) is 13.1. The molecule has 3 nitrogen and oxygen atoms in total. The molecular weight excluding hydrogens is 226 g/mol. The number of esters is 1. The van der Waals surface area contributed by atoms with Crippen LogP contribution in [0.1, 0.15) is 38.3 Å². The highest BCUT2D eigenvalue weighted by Crippen LogP contribution is 2.34. The first-order chi connectivity index (χ1) is 8.58. The molecule has 1 aliphatic heterocycles. The molecule has 3 atom stereocenters. The Balaban J connectivity index is 2.15. The SMILES string of the molecule is CC(=O)O[C@@H]1C[C@H](C)N(C)[C@H](c2ccccc2)C1. The summed E-state index contributed by atoms with van der Waals surface area (Å²) >= 11 is 0. The number of likely N-dealkylation sites (tertiary alicyclic amines) is 1. The standard InChI is InChI=1S/C15H21NO2/c1-11-9-14(18-12(2)17)10-15(16(11)3)13-7-5-4-6-8-13/h4-8,11,14-15H,9-10H2,1-3H3/t11-,14+,15-/m0/s1. The molecule has 0 aromatic heterocycles. The van der Waals surface area contributed by atoms with Gasteiger partial charge in [0.25, 0.3) is 0 Å². The monoisotopic (exact) mass is 247 g/mol. The Morgan fingerprint density at radius 1 is 1.28 bits per heavy atom. The minimum atomic E-state index is -0.177. The van der Waals surface area contributed by atoms with Gasteiger partial charge >= 0.3 is 5.97 Å². The average Bonchev–Trinajstić information content (AvgIpc) is 2.34. The Morgan fingerprint density at radius 2 is 1.94 bits per heavy atom. The van der Waals surface area contributed by atoms with Crippen LogP contribution in [0.5, 0.6) is 0 Å². The number of hydrogen-bond acceptors (Lipinski definition) is 3. The van der Waals surface area contributed by atoms with Gasteiger partial charge in [0, 0.05) is 25.4 Å². The summed E-state index contributed by atoms with van der Waals surface area (Å²) in [6.07, 6.45) is 1.84. The fraction of sp³-hybridized carbons (Fsp3) is 0.533. The van der Waals surface area contributed by atoms with Gasteiger partial charge in [0.15, 0.2) is 0 Å². The number of carbonyl (C=O) groups is 1. The van der Waals surface area contributed by atoms with Gasteiger partial charge in [-0.3, -0.25) is 9.69 Å². The normalized spacial score (nSPS) is 28.9. The summed E-state index contributed by atoms with van der Waals surface area (Å²) in [5.41, 5.74) is 1.30. The maximum Gasteiger partial charge on any atom is 0.302 e. The third kappa shape index (κ3) is 2.91. The number of carbonyl (C=O) groups excluding carboxylic acids is 1. The molecule has 1 saturated heterocycles. The van der Waals surface area contributed by atoms with Gasteiger partial charge in [0.2, 0.25) is 0 Å². The minimum Gasteiger partial charge on any atom is -0.462 e. The first-order valence-corrected chi connectivity index (χ1v) is 6.52. The molecule has 98 valence electrons. The van der Waals surface area contributed by atoms with E-state index in [1.807, 2.05) is 6.07 Å². The number of rotatable bonds is 2. The van der Waals surface area contributed by atoms with Crippen molar-refractivity contribution in [3.05, 3.63) is 35.9 Å². The summed E-state index contributed by atoms with van der Waals surface area (Å²) in [7, 11) is 2.15. The highest BCUT2D eigenvalue weighted by atomic mass is 16.5. The lowest BCUT2D eigenvalue weighted by Gasteiger charge is -2.41. The number of ether oxygens (including phenoxy) is 1. The van der Waals surface area contributed by atoms with Crippen LogP contribution in [-0.4, -0.2) is 30.1 Å². The first kappa shape index (κ1) is 13.1. The van der Waals surface area contributed by atoms with Crippen molar-refractivity contribution < 1.29 is 9.53 Å². The molecule has 0 amide bonds. The zero-order valence-electron chi connectivity index (χ0n) is 11.3. The maximum atomic E-state index is 11.1. The third-order valence-electron chi connectivity index (χ3n) is 3.79. The van der Waals surface area contributed by atoms with E-state index in [-0.39, 0.29) is 12.1 Å². The molecule has 2 rings (SSSR count). The first-order valence-electron chi connectivity index (χ1n) is 6.52. The summed E-state index contributed by atoms with van der Waals surface area (Å²) < 4.78 is 5.40. The molecule has 0 N–H and O–H groups in total. The molecule has 0 spiro atoms. The summed E-state index contributed by atoms with van der Waals surface area (Å²) in [4.78, 5) is 13.5. The zero-order valence-corrected chi connectivity index (χ0v) is 11.3. The third-order valence-corrected chi connectivity index (χ3v) is 3.79. The van der Waals surface area contributed by atoms with Gasteiger partial charge in [-0.25, -0.2) is 0 Å². The van der Waals surface area contributed by atoms with Crippen LogP contribution in [0.15, 0.2) is 30.3 Å². The highest BCUT2D eigenvalue weighted by molar-refractivity contribution is 5.66. The van der Waals surface area contributed by atoms with Crippen LogP contribution in [0, 0.1) is 0 Å². The molecule has 1 aromatic carbocycles. The molecule has 1 fully saturated rings. The summed E-state index contributed by atoms with van der Waals surface area (Å²) in [6.45, 7) is 3.67. The van der Waals surface area contributed by atoms with Gasteiger partial charge in [0.1, 0.15) is 6.10 Å². The quantitative estimate of drug-likeness (QED) is 0.753. The van der Waals surface area contributed by atoms with Crippen molar-refractivity contribution in [3.63, 3.8) is 0 Å². The van der Waals surface area contributed by atoms with Gasteiger partial charge < -0.3 is 4.74 Å². The van der Waals surface area contributed by atoms with Crippen LogP contribution >= 0.6 is 0 Å². The number of piperidine rings is 1. The predicted octanol–water partition coefficient (Wildman–Crippen LogP) is 2.77. The van der Waals surface area contributed by atoms with Crippen LogP contribution in [0.4, 0.5) is 0 Å². The topological polar surface area (TPSA) is 29.5 Å². The second kappa shape index (κ2) is 5.53. The van der Waals surface area contributed by atoms with Crippen LogP contribution < -0.4 is 0 Å². The summed E-state index contributed by atoms with van der Waals surface area (Å²) in [5, 5.41) is 0. The lowest BCUT2D eigenvalue weighted by molar-refractivity contribution is -0.150. The van der Waals surface area contributed by atoms with Crippen molar-refractivity contribution >= 4 is 5.97 Å². The van der Waals surface area contributed by atoms with Gasteiger partial charge in [-0.2, -0.15) is 0 Å². The molecule has 0 radical (unpaired) electrons. The fourth-order valence-electron chi connectivity index (χ4n) is 2.74. The largest absolute Gasteiger partial charge is 0.462 e. The van der Waals surface area contributed by atoms with Crippen molar-refractivity contribution in [3.8, 4) is 0 Å². The molecule has 1 aromatic rings. The average molecular weight is 247 g/mol. The maximum absolute atomic E-state index is 11.1. The molecule has 3 heteroatoms. The van der Waals surface area contributed by atoms with Gasteiger partial charge in [-0.05, 0) is 26.0 Å². The van der Waals surface area contributed by atoms with Crippen LogP contribution in [-0.2, 0) is 9.53 Å². The van der Waals surface area contributed by atoms with E-state index in [2.05, 4.69) is 43.1 Å². The van der Waals surface area contributed by atoms with Gasteiger partial charge in [-0.1, -0.05) is 30.3 Å². The van der Waals surface area contributed by atoms with Crippen molar-refractivity contribution in [1.29, 1.82) is 0 Å². The van der Waals surface area contributed by atoms with E-state index >= 15 is 0 Å². The van der Waals surface area contributed by atoms with E-state index in [0.29, 0.717) is 12.1 Å². The molecule has 0 saturated carbocycles. The van der Waals surface area contributed by atoms with E-state index in [4.69, 9.17) is 4.74 Å². The van der Waals surface area contributed by atoms with E-state index in [1.54, 1.807) is 0 Å². The second-order valence-corrected chi connectivity index (χ2v) is 5.14. The molecule has 1 aliphatic rings. The molecule has 18 heavy (non-hydrogen) atoms. The van der Waals surface area contributed by atoms with Crippen molar-refractivity contribution in [1.82, 2.24) is 4.90 Å². The number of hydrogen-bond donors (Lipinski definition) is 0. The smallest absolute Gasteiger partial charge is 0.302 e. The Kier molecular flexibility index (Phi) is 4.02. The van der Waals surface area contributed by atoms with Crippen LogP contribution in [0.3, 0.4) is 0 Å². The fourth-order valence-corrected chi connectivity index (χ4v) is 2.74. The predicted molar refractivity (Wildman–Crippen MR) is 71.2 cm³/mol. The molecule has 1 heterocycles. The lowest BCUT2D eigenvalue weighted by atomic mass is 9.90. The van der Waals surface area contributed by atoms with Gasteiger partial charge in [-0.15, -0.1) is 0 Å². The number of benzene rings is 1. The van der Waals surface area contributed by atoms with E-state index < -0.39 is 0 Å². The Hall–Kier alpha value is -1.35. The minimum absolute atomic E-state index is 0.0407. The highest BCUT2D eigenvalue weighted by Gasteiger charge is 2.33. The Morgan fingerprint density at radius 3 is 2.56 bits per heavy atom. The Labute approximate surface area is 109 Å². The lowest BCUT2D eigenvalue weighted by Crippen LogP contribution is -2.43. The van der Waals surface area contributed by atoms with Gasteiger partial charge in [0.05, 0.1) is 0 Å². The van der Waals surface area contributed by atoms with E-state index in [9.17, 15) is 4.79 Å². The van der Waals surface area contributed by atoms with Crippen molar-refractivity contribution in [2.75, 3.05) is 7.05 Å². The Bertz CT molecular complexity index is 404. The summed E-state index contributed by atoms with van der Waals surface area (Å²) in [5.74, 6) is -0.177. The van der Waals surface area contributed by atoms with Crippen molar-refractivity contribution in [2.45, 2.75) is 44.9 Å². The van der Waals surface area contributed by atoms with E-state index in [0.717, 1.165) is 12.8 Å². The molecule has 0 bridgehead atoms. The number of nitrogens with zero attached hydrogens (tertiary/aromatic N) is 1.